The number of aromatic nitrogens is 2. The van der Waals surface area contributed by atoms with E-state index in [1.54, 1.807) is 12.1 Å². The number of H-pyrrole nitrogens is 1. The number of nitrogens with zero attached hydrogens (tertiary/aromatic N) is 1. The van der Waals surface area contributed by atoms with Crippen LogP contribution in [0.5, 0.6) is 0 Å². The topological polar surface area (TPSA) is 83.1 Å². The Kier molecular flexibility index (Phi) is 2.06. The second kappa shape index (κ2) is 3.04. The van der Waals surface area contributed by atoms with Gasteiger partial charge in [0.05, 0.1) is 11.0 Å². The van der Waals surface area contributed by atoms with E-state index in [0.717, 1.165) is 11.1 Å². The number of imidazole rings is 1. The highest BCUT2D eigenvalue weighted by Crippen LogP contribution is 2.18. The number of aryl methyl sites for hydroxylation is 2. The summed E-state index contributed by atoms with van der Waals surface area (Å²) < 4.78 is 30.5. The zero-order chi connectivity index (χ0) is 11.2. The van der Waals surface area contributed by atoms with Crippen molar-refractivity contribution in [3.63, 3.8) is 0 Å². The van der Waals surface area contributed by atoms with Gasteiger partial charge in [-0.1, -0.05) is 0 Å². The molecule has 5 nitrogen and oxygen atoms in total. The summed E-state index contributed by atoms with van der Waals surface area (Å²) in [7, 11) is -4.26. The van der Waals surface area contributed by atoms with Crippen molar-refractivity contribution in [2.24, 2.45) is 0 Å². The number of hydrogen-bond donors (Lipinski definition) is 2. The Bertz CT molecular complexity index is 589. The molecule has 6 heteroatoms. The molecule has 80 valence electrons. The lowest BCUT2D eigenvalue weighted by Gasteiger charge is -1.97. The van der Waals surface area contributed by atoms with Gasteiger partial charge in [-0.3, -0.25) is 4.55 Å². The van der Waals surface area contributed by atoms with Crippen LogP contribution in [0.4, 0.5) is 0 Å². The van der Waals surface area contributed by atoms with Crippen LogP contribution in [0, 0.1) is 13.8 Å². The summed E-state index contributed by atoms with van der Waals surface area (Å²) in [4.78, 5) is 6.35. The van der Waals surface area contributed by atoms with E-state index in [4.69, 9.17) is 4.55 Å². The van der Waals surface area contributed by atoms with Crippen LogP contribution in [0.3, 0.4) is 0 Å². The molecule has 0 aliphatic carbocycles. The van der Waals surface area contributed by atoms with Crippen molar-refractivity contribution in [2.75, 3.05) is 0 Å². The summed E-state index contributed by atoms with van der Waals surface area (Å²) in [5, 5.41) is -0.414. The summed E-state index contributed by atoms with van der Waals surface area (Å²) in [5.74, 6) is 0. The maximum absolute atomic E-state index is 10.8. The van der Waals surface area contributed by atoms with Crippen LogP contribution in [-0.2, 0) is 10.1 Å². The van der Waals surface area contributed by atoms with Crippen molar-refractivity contribution in [1.29, 1.82) is 0 Å². The SMILES string of the molecule is Cc1cc2nc(S(=O)(=O)O)[nH]c2cc1C. The van der Waals surface area contributed by atoms with Gasteiger partial charge in [-0.25, -0.2) is 4.98 Å². The molecule has 1 heterocycles. The summed E-state index contributed by atoms with van der Waals surface area (Å²) in [6, 6.07) is 3.57. The molecule has 0 atom stereocenters. The monoisotopic (exact) mass is 226 g/mol. The fraction of sp³-hybridized carbons (Fsp3) is 0.222. The standard InChI is InChI=1S/C9H10N2O3S/c1-5-3-7-8(4-6(5)2)11-9(10-7)15(12,13)14/h3-4H,1-2H3,(H,10,11)(H,12,13,14). The van der Waals surface area contributed by atoms with E-state index in [2.05, 4.69) is 9.97 Å². The minimum atomic E-state index is -4.26. The Morgan fingerprint density at radius 3 is 2.47 bits per heavy atom. The van der Waals surface area contributed by atoms with Gasteiger partial charge in [0.15, 0.2) is 0 Å². The third-order valence-corrected chi connectivity index (χ3v) is 3.00. The molecule has 2 N–H and O–H groups in total. The van der Waals surface area contributed by atoms with E-state index < -0.39 is 15.3 Å². The summed E-state index contributed by atoms with van der Waals surface area (Å²) >= 11 is 0. The molecular formula is C9H10N2O3S. The quantitative estimate of drug-likeness (QED) is 0.720. The lowest BCUT2D eigenvalue weighted by molar-refractivity contribution is 0.476. The van der Waals surface area contributed by atoms with Crippen LogP contribution in [0.1, 0.15) is 11.1 Å². The summed E-state index contributed by atoms with van der Waals surface area (Å²) in [6.07, 6.45) is 0. The van der Waals surface area contributed by atoms with Crippen molar-refractivity contribution in [1.82, 2.24) is 9.97 Å². The fourth-order valence-electron chi connectivity index (χ4n) is 1.37. The predicted molar refractivity (Wildman–Crippen MR) is 55.4 cm³/mol. The van der Waals surface area contributed by atoms with E-state index in [1.165, 1.54) is 0 Å². The molecule has 0 radical (unpaired) electrons. The van der Waals surface area contributed by atoms with E-state index in [-0.39, 0.29) is 0 Å². The van der Waals surface area contributed by atoms with Crippen molar-refractivity contribution in [3.05, 3.63) is 23.3 Å². The van der Waals surface area contributed by atoms with Crippen molar-refractivity contribution >= 4 is 21.2 Å². The lowest BCUT2D eigenvalue weighted by atomic mass is 10.1. The average Bonchev–Trinajstić information content (AvgIpc) is 2.47. The van der Waals surface area contributed by atoms with Crippen LogP contribution in [0.15, 0.2) is 17.3 Å². The molecular weight excluding hydrogens is 216 g/mol. The Morgan fingerprint density at radius 1 is 1.27 bits per heavy atom. The first kappa shape index (κ1) is 10.1. The van der Waals surface area contributed by atoms with E-state index in [1.807, 2.05) is 13.8 Å². The number of nitrogens with one attached hydrogen (secondary N) is 1. The molecule has 0 spiro atoms. The predicted octanol–water partition coefficient (Wildman–Crippen LogP) is 1.43. The zero-order valence-electron chi connectivity index (χ0n) is 8.27. The molecule has 1 aromatic heterocycles. The number of fused-ring (bicyclic) bond motifs is 1. The molecule has 2 rings (SSSR count). The molecule has 0 aliphatic rings. The summed E-state index contributed by atoms with van der Waals surface area (Å²) in [5.41, 5.74) is 3.19. The number of hydrogen-bond acceptors (Lipinski definition) is 3. The zero-order valence-corrected chi connectivity index (χ0v) is 9.09. The average molecular weight is 226 g/mol. The van der Waals surface area contributed by atoms with Crippen LogP contribution in [0.25, 0.3) is 11.0 Å². The molecule has 1 aromatic carbocycles. The maximum atomic E-state index is 10.8. The van der Waals surface area contributed by atoms with E-state index >= 15 is 0 Å². The molecule has 0 unspecified atom stereocenters. The number of rotatable bonds is 1. The number of benzene rings is 1. The Labute approximate surface area is 86.9 Å². The molecule has 0 saturated carbocycles. The lowest BCUT2D eigenvalue weighted by Crippen LogP contribution is -1.99. The highest BCUT2D eigenvalue weighted by atomic mass is 32.2. The molecule has 0 aliphatic heterocycles. The van der Waals surface area contributed by atoms with Gasteiger partial charge in [-0.15, -0.1) is 0 Å². The minimum Gasteiger partial charge on any atom is -0.327 e. The van der Waals surface area contributed by atoms with E-state index in [9.17, 15) is 8.42 Å². The maximum Gasteiger partial charge on any atom is 0.328 e. The largest absolute Gasteiger partial charge is 0.328 e. The van der Waals surface area contributed by atoms with Crippen LogP contribution >= 0.6 is 0 Å². The highest BCUT2D eigenvalue weighted by Gasteiger charge is 2.15. The third kappa shape index (κ3) is 1.73. The van der Waals surface area contributed by atoms with Crippen molar-refractivity contribution in [3.8, 4) is 0 Å². The second-order valence-electron chi connectivity index (χ2n) is 3.47. The van der Waals surface area contributed by atoms with Crippen molar-refractivity contribution in [2.45, 2.75) is 19.0 Å². The molecule has 0 saturated heterocycles. The molecule has 0 bridgehead atoms. The van der Waals surface area contributed by atoms with Gasteiger partial charge in [0.2, 0.25) is 0 Å². The third-order valence-electron chi connectivity index (χ3n) is 2.32. The van der Waals surface area contributed by atoms with Gasteiger partial charge in [0, 0.05) is 0 Å². The normalized spacial score (nSPS) is 12.2. The first-order chi connectivity index (χ1) is 6.88. The van der Waals surface area contributed by atoms with Gasteiger partial charge in [-0.2, -0.15) is 8.42 Å². The molecule has 0 fully saturated rings. The van der Waals surface area contributed by atoms with Gasteiger partial charge in [-0.05, 0) is 37.1 Å². The Balaban J connectivity index is 2.77. The molecule has 15 heavy (non-hydrogen) atoms. The first-order valence-electron chi connectivity index (χ1n) is 4.32. The van der Waals surface area contributed by atoms with Crippen LogP contribution in [-0.4, -0.2) is 22.9 Å². The minimum absolute atomic E-state index is 0.414. The highest BCUT2D eigenvalue weighted by molar-refractivity contribution is 7.85. The Hall–Kier alpha value is -1.40. The van der Waals surface area contributed by atoms with Gasteiger partial charge < -0.3 is 4.98 Å². The molecule has 2 aromatic rings. The Morgan fingerprint density at radius 2 is 1.87 bits per heavy atom. The van der Waals surface area contributed by atoms with Gasteiger partial charge in [0.25, 0.3) is 5.16 Å². The molecule has 0 amide bonds. The smallest absolute Gasteiger partial charge is 0.327 e. The van der Waals surface area contributed by atoms with Crippen LogP contribution < -0.4 is 0 Å². The van der Waals surface area contributed by atoms with Gasteiger partial charge in [0.1, 0.15) is 0 Å². The van der Waals surface area contributed by atoms with Gasteiger partial charge >= 0.3 is 10.1 Å². The van der Waals surface area contributed by atoms with Crippen LogP contribution in [0.2, 0.25) is 0 Å². The summed E-state index contributed by atoms with van der Waals surface area (Å²) in [6.45, 7) is 3.83. The fourth-order valence-corrected chi connectivity index (χ4v) is 1.82. The van der Waals surface area contributed by atoms with Crippen molar-refractivity contribution < 1.29 is 13.0 Å². The number of aromatic amines is 1. The second-order valence-corrected chi connectivity index (χ2v) is 4.81. The first-order valence-corrected chi connectivity index (χ1v) is 5.76. The van der Waals surface area contributed by atoms with E-state index in [0.29, 0.717) is 11.0 Å².